The van der Waals surface area contributed by atoms with Crippen molar-refractivity contribution in [3.63, 3.8) is 0 Å². The van der Waals surface area contributed by atoms with E-state index in [2.05, 4.69) is 32.1 Å². The van der Waals surface area contributed by atoms with Crippen molar-refractivity contribution >= 4 is 46.2 Å². The van der Waals surface area contributed by atoms with Gasteiger partial charge in [-0.15, -0.1) is 21.5 Å². The van der Waals surface area contributed by atoms with Crippen LogP contribution in [0.15, 0.2) is 28.5 Å². The van der Waals surface area contributed by atoms with Crippen molar-refractivity contribution in [2.45, 2.75) is 30.8 Å². The summed E-state index contributed by atoms with van der Waals surface area (Å²) >= 11 is 2.63. The molecule has 0 unspecified atom stereocenters. The number of aromatic nitrogens is 3. The number of carbonyl (C=O) groups is 1. The van der Waals surface area contributed by atoms with Crippen molar-refractivity contribution in [3.05, 3.63) is 39.8 Å². The van der Waals surface area contributed by atoms with E-state index in [-0.39, 0.29) is 17.6 Å². The molecule has 1 aliphatic rings. The number of rotatable bonds is 9. The number of hydrazone groups is 1. The largest absolute Gasteiger partial charge is 0.493 e. The fourth-order valence-corrected chi connectivity index (χ4v) is 5.53. The first-order valence-corrected chi connectivity index (χ1v) is 12.5. The molecule has 0 radical (unpaired) electrons. The Morgan fingerprint density at radius 1 is 1.31 bits per heavy atom. The number of nitrogens with zero attached hydrogens (tertiary/aromatic N) is 5. The van der Waals surface area contributed by atoms with E-state index in [0.29, 0.717) is 27.2 Å². The zero-order valence-electron chi connectivity index (χ0n) is 19.2. The number of anilines is 2. The first-order chi connectivity index (χ1) is 17.0. The maximum Gasteiger partial charge on any atom is 0.264 e. The van der Waals surface area contributed by atoms with E-state index in [4.69, 9.17) is 15.3 Å². The summed E-state index contributed by atoms with van der Waals surface area (Å²) in [5.41, 5.74) is 5.17. The van der Waals surface area contributed by atoms with Gasteiger partial charge in [-0.25, -0.2) is 10.1 Å². The fourth-order valence-electron chi connectivity index (χ4n) is 3.61. The molecule has 0 bridgehead atoms. The molecule has 0 saturated heterocycles. The number of amides is 1. The van der Waals surface area contributed by atoms with Gasteiger partial charge in [0.1, 0.15) is 11.1 Å². The summed E-state index contributed by atoms with van der Waals surface area (Å²) in [6.07, 6.45) is 5.61. The Balaban J connectivity index is 1.33. The van der Waals surface area contributed by atoms with Gasteiger partial charge in [-0.2, -0.15) is 10.4 Å². The molecule has 0 atom stereocenters. The Hall–Kier alpha value is -3.76. The number of nitrogens with two attached hydrogens (primary N) is 1. The van der Waals surface area contributed by atoms with Crippen LogP contribution in [0.4, 0.5) is 10.9 Å². The first-order valence-electron chi connectivity index (χ1n) is 10.7. The average molecular weight is 513 g/mol. The number of thioether (sulfide) groups is 1. The Labute approximate surface area is 210 Å². The average Bonchev–Trinajstić information content (AvgIpc) is 3.41. The van der Waals surface area contributed by atoms with Crippen LogP contribution in [0.5, 0.6) is 11.5 Å². The van der Waals surface area contributed by atoms with E-state index >= 15 is 0 Å². The van der Waals surface area contributed by atoms with Crippen molar-refractivity contribution in [1.82, 2.24) is 14.9 Å². The SMILES string of the molecule is COc1ccc(/C=N/Nc2nnc(SCC(=O)Nc3sc4c(c3C#N)CCCC4)n2N)cc1OC. The first kappa shape index (κ1) is 24.4. The standard InChI is InChI=1S/C22H24N8O3S2/c1-32-16-8-7-13(9-17(16)33-2)11-25-27-21-28-29-22(30(21)24)34-12-19(31)26-20-15(10-23)14-5-3-4-6-18(14)35-20/h7-9,11H,3-6,12,24H2,1-2H3,(H,26,31)(H,27,28)/b25-11+. The topological polar surface area (TPSA) is 152 Å². The van der Waals surface area contributed by atoms with Crippen LogP contribution < -0.4 is 26.1 Å². The Bertz CT molecular complexity index is 1290. The summed E-state index contributed by atoms with van der Waals surface area (Å²) < 4.78 is 11.7. The monoisotopic (exact) mass is 512 g/mol. The second-order valence-electron chi connectivity index (χ2n) is 7.52. The zero-order chi connectivity index (χ0) is 24.8. The number of ether oxygens (including phenoxy) is 2. The quantitative estimate of drug-likeness (QED) is 0.170. The zero-order valence-corrected chi connectivity index (χ0v) is 20.8. The number of methoxy groups -OCH3 is 2. The minimum Gasteiger partial charge on any atom is -0.493 e. The molecular formula is C22H24N8O3S2. The van der Waals surface area contributed by atoms with E-state index in [9.17, 15) is 10.1 Å². The van der Waals surface area contributed by atoms with Gasteiger partial charge in [0.05, 0.1) is 31.8 Å². The molecule has 1 aromatic carbocycles. The number of hydrogen-bond donors (Lipinski definition) is 3. The van der Waals surface area contributed by atoms with E-state index < -0.39 is 0 Å². The molecule has 1 amide bonds. The number of nitrogens with one attached hydrogen (secondary N) is 2. The van der Waals surface area contributed by atoms with Crippen molar-refractivity contribution in [2.75, 3.05) is 36.6 Å². The lowest BCUT2D eigenvalue weighted by molar-refractivity contribution is -0.113. The normalized spacial score (nSPS) is 12.7. The molecule has 13 heteroatoms. The van der Waals surface area contributed by atoms with Crippen LogP contribution in [0.2, 0.25) is 0 Å². The molecule has 4 rings (SSSR count). The molecule has 2 aromatic heterocycles. The summed E-state index contributed by atoms with van der Waals surface area (Å²) in [5.74, 6) is 7.28. The van der Waals surface area contributed by atoms with Gasteiger partial charge in [0.2, 0.25) is 11.1 Å². The van der Waals surface area contributed by atoms with Gasteiger partial charge in [-0.1, -0.05) is 11.8 Å². The van der Waals surface area contributed by atoms with E-state index in [1.54, 1.807) is 32.6 Å². The Kier molecular flexibility index (Phi) is 7.74. The summed E-state index contributed by atoms with van der Waals surface area (Å²) in [6, 6.07) is 7.62. The molecule has 2 heterocycles. The van der Waals surface area contributed by atoms with Crippen LogP contribution in [0.1, 0.15) is 34.4 Å². The van der Waals surface area contributed by atoms with Crippen molar-refractivity contribution in [1.29, 1.82) is 5.26 Å². The smallest absolute Gasteiger partial charge is 0.264 e. The molecule has 182 valence electrons. The van der Waals surface area contributed by atoms with Gasteiger partial charge in [0.25, 0.3) is 5.95 Å². The second kappa shape index (κ2) is 11.1. The summed E-state index contributed by atoms with van der Waals surface area (Å²) in [4.78, 5) is 13.7. The summed E-state index contributed by atoms with van der Waals surface area (Å²) in [7, 11) is 3.13. The Morgan fingerprint density at radius 2 is 2.11 bits per heavy atom. The number of benzene rings is 1. The molecule has 35 heavy (non-hydrogen) atoms. The molecule has 3 aromatic rings. The lowest BCUT2D eigenvalue weighted by Gasteiger charge is -2.09. The number of fused-ring (bicyclic) bond motifs is 1. The number of thiophene rings is 1. The predicted octanol–water partition coefficient (Wildman–Crippen LogP) is 3.00. The van der Waals surface area contributed by atoms with E-state index in [0.717, 1.165) is 48.6 Å². The minimum absolute atomic E-state index is 0.0671. The highest BCUT2D eigenvalue weighted by molar-refractivity contribution is 7.99. The third-order valence-corrected chi connectivity index (χ3v) is 7.47. The number of nitrogen functional groups attached to an aromatic ring is 1. The molecule has 0 aliphatic heterocycles. The van der Waals surface area contributed by atoms with Gasteiger partial charge in [-0.3, -0.25) is 4.79 Å². The van der Waals surface area contributed by atoms with Gasteiger partial charge >= 0.3 is 0 Å². The Morgan fingerprint density at radius 3 is 2.89 bits per heavy atom. The highest BCUT2D eigenvalue weighted by Crippen LogP contribution is 2.37. The molecule has 4 N–H and O–H groups in total. The third-order valence-electron chi connectivity index (χ3n) is 5.32. The number of carbonyl (C=O) groups excluding carboxylic acids is 1. The maximum absolute atomic E-state index is 12.5. The van der Waals surface area contributed by atoms with Gasteiger partial charge < -0.3 is 20.6 Å². The number of aryl methyl sites for hydroxylation is 1. The van der Waals surface area contributed by atoms with Crippen molar-refractivity contribution in [3.8, 4) is 17.6 Å². The van der Waals surface area contributed by atoms with Crippen LogP contribution >= 0.6 is 23.1 Å². The predicted molar refractivity (Wildman–Crippen MR) is 136 cm³/mol. The summed E-state index contributed by atoms with van der Waals surface area (Å²) in [6.45, 7) is 0. The highest BCUT2D eigenvalue weighted by Gasteiger charge is 2.22. The maximum atomic E-state index is 12.5. The van der Waals surface area contributed by atoms with E-state index in [1.807, 2.05) is 6.07 Å². The highest BCUT2D eigenvalue weighted by atomic mass is 32.2. The minimum atomic E-state index is -0.242. The fraction of sp³-hybridized carbons (Fsp3) is 0.318. The van der Waals surface area contributed by atoms with Crippen molar-refractivity contribution < 1.29 is 14.3 Å². The molecule has 11 nitrogen and oxygen atoms in total. The van der Waals surface area contributed by atoms with Crippen LogP contribution in [-0.2, 0) is 17.6 Å². The molecule has 0 saturated carbocycles. The van der Waals surface area contributed by atoms with Crippen LogP contribution in [0.25, 0.3) is 0 Å². The van der Waals surface area contributed by atoms with Crippen LogP contribution in [0, 0.1) is 11.3 Å². The number of hydrogen-bond acceptors (Lipinski definition) is 11. The third kappa shape index (κ3) is 5.50. The van der Waals surface area contributed by atoms with Gasteiger partial charge in [0.15, 0.2) is 11.5 Å². The van der Waals surface area contributed by atoms with Gasteiger partial charge in [0, 0.05) is 4.88 Å². The molecule has 1 aliphatic carbocycles. The van der Waals surface area contributed by atoms with Crippen molar-refractivity contribution in [2.24, 2.45) is 5.10 Å². The lowest BCUT2D eigenvalue weighted by Crippen LogP contribution is -2.17. The second-order valence-corrected chi connectivity index (χ2v) is 9.57. The molecule has 0 spiro atoms. The van der Waals surface area contributed by atoms with Gasteiger partial charge in [-0.05, 0) is 55.0 Å². The lowest BCUT2D eigenvalue weighted by atomic mass is 9.96. The molecular weight excluding hydrogens is 488 g/mol. The van der Waals surface area contributed by atoms with Crippen LogP contribution in [0.3, 0.4) is 0 Å². The van der Waals surface area contributed by atoms with E-state index in [1.165, 1.54) is 20.9 Å². The number of nitriles is 1. The summed E-state index contributed by atoms with van der Waals surface area (Å²) in [5, 5.41) is 25.5. The molecule has 0 fully saturated rings. The van der Waals surface area contributed by atoms with Crippen LogP contribution in [-0.4, -0.2) is 47.0 Å².